The van der Waals surface area contributed by atoms with Gasteiger partial charge in [0.15, 0.2) is 11.5 Å². The van der Waals surface area contributed by atoms with Gasteiger partial charge in [-0.1, -0.05) is 54.1 Å². The van der Waals surface area contributed by atoms with Crippen molar-refractivity contribution in [3.05, 3.63) is 119 Å². The Morgan fingerprint density at radius 1 is 0.851 bits per heavy atom. The number of sulfonamides is 1. The summed E-state index contributed by atoms with van der Waals surface area (Å²) in [7, 11) is -1.66. The van der Waals surface area contributed by atoms with Crippen molar-refractivity contribution in [1.29, 1.82) is 0 Å². The smallest absolute Gasteiger partial charge is 0.264 e. The molecule has 0 aliphatic rings. The summed E-state index contributed by atoms with van der Waals surface area (Å²) in [6.45, 7) is 2.87. The number of ether oxygens (including phenoxy) is 2. The Labute approximate surface area is 279 Å². The number of nitrogens with zero attached hydrogens (tertiary/aromatic N) is 2. The van der Waals surface area contributed by atoms with E-state index in [4.69, 9.17) is 21.1 Å². The summed E-state index contributed by atoms with van der Waals surface area (Å²) in [6.07, 6.45) is 0.157. The van der Waals surface area contributed by atoms with Crippen molar-refractivity contribution in [2.45, 2.75) is 43.8 Å². The van der Waals surface area contributed by atoms with E-state index < -0.39 is 40.2 Å². The van der Waals surface area contributed by atoms with Crippen molar-refractivity contribution >= 4 is 39.1 Å². The van der Waals surface area contributed by atoms with E-state index in [0.717, 1.165) is 22.0 Å². The molecule has 0 aliphatic carbocycles. The van der Waals surface area contributed by atoms with Crippen molar-refractivity contribution in [3.8, 4) is 11.5 Å². The van der Waals surface area contributed by atoms with Crippen LogP contribution in [0.25, 0.3) is 0 Å². The normalized spacial score (nSPS) is 11.9. The average molecular weight is 682 g/mol. The molecule has 0 saturated carbocycles. The van der Waals surface area contributed by atoms with Gasteiger partial charge in [0.25, 0.3) is 10.0 Å². The number of nitrogens with one attached hydrogen (secondary N) is 1. The number of hydrogen-bond donors (Lipinski definition) is 1. The second-order valence-electron chi connectivity index (χ2n) is 11.0. The van der Waals surface area contributed by atoms with Gasteiger partial charge in [-0.25, -0.2) is 12.8 Å². The third-order valence-corrected chi connectivity index (χ3v) is 9.29. The van der Waals surface area contributed by atoms with Crippen LogP contribution >= 0.6 is 11.6 Å². The van der Waals surface area contributed by atoms with Gasteiger partial charge in [-0.2, -0.15) is 0 Å². The maximum atomic E-state index is 14.5. The zero-order chi connectivity index (χ0) is 34.1. The third-order valence-electron chi connectivity index (χ3n) is 7.28. The predicted octanol–water partition coefficient (Wildman–Crippen LogP) is 5.86. The van der Waals surface area contributed by atoms with Crippen molar-refractivity contribution in [2.24, 2.45) is 0 Å². The van der Waals surface area contributed by atoms with Crippen molar-refractivity contribution in [2.75, 3.05) is 25.1 Å². The third kappa shape index (κ3) is 9.02. The fourth-order valence-corrected chi connectivity index (χ4v) is 6.65. The summed E-state index contributed by atoms with van der Waals surface area (Å²) < 4.78 is 54.0. The van der Waals surface area contributed by atoms with Gasteiger partial charge in [-0.15, -0.1) is 0 Å². The van der Waals surface area contributed by atoms with Gasteiger partial charge in [0.05, 0.1) is 24.8 Å². The van der Waals surface area contributed by atoms with E-state index in [9.17, 15) is 22.4 Å². The van der Waals surface area contributed by atoms with E-state index in [-0.39, 0.29) is 35.3 Å². The minimum absolute atomic E-state index is 0.0449. The molecule has 0 unspecified atom stereocenters. The van der Waals surface area contributed by atoms with Crippen LogP contribution in [0.1, 0.15) is 25.0 Å². The number of hydrogen-bond acceptors (Lipinski definition) is 6. The standard InChI is InChI=1S/C35H37ClFN3O6S/c1-24(2)38-35(42)31(20-25-9-6-5-7-10-25)39(22-26-11-8-12-27(36)19-26)34(41)23-40(29-15-13-28(37)14-16-29)47(43,44)30-17-18-32(45-3)33(21-30)46-4/h5-19,21,24,31H,20,22-23H2,1-4H3,(H,38,42)/t31-/m1/s1. The zero-order valence-corrected chi connectivity index (χ0v) is 28.1. The van der Waals surface area contributed by atoms with Crippen LogP contribution in [0, 0.1) is 5.82 Å². The van der Waals surface area contributed by atoms with Crippen molar-refractivity contribution in [3.63, 3.8) is 0 Å². The molecular formula is C35H37ClFN3O6S. The highest BCUT2D eigenvalue weighted by Crippen LogP contribution is 2.32. The molecule has 12 heteroatoms. The summed E-state index contributed by atoms with van der Waals surface area (Å²) in [5.41, 5.74) is 1.48. The predicted molar refractivity (Wildman–Crippen MR) is 180 cm³/mol. The molecule has 47 heavy (non-hydrogen) atoms. The molecule has 1 atom stereocenters. The average Bonchev–Trinajstić information content (AvgIpc) is 3.05. The van der Waals surface area contributed by atoms with Gasteiger partial charge in [0, 0.05) is 30.1 Å². The van der Waals surface area contributed by atoms with E-state index in [1.165, 1.54) is 49.5 Å². The van der Waals surface area contributed by atoms with Gasteiger partial charge in [-0.05, 0) is 73.5 Å². The maximum Gasteiger partial charge on any atom is 0.264 e. The molecule has 0 saturated heterocycles. The molecule has 4 aromatic carbocycles. The number of carbonyl (C=O) groups is 2. The van der Waals surface area contributed by atoms with Gasteiger partial charge in [0.1, 0.15) is 18.4 Å². The van der Waals surface area contributed by atoms with E-state index in [1.54, 1.807) is 24.3 Å². The lowest BCUT2D eigenvalue weighted by Crippen LogP contribution is -2.54. The van der Waals surface area contributed by atoms with Crippen LogP contribution in [-0.4, -0.2) is 58.0 Å². The Kier molecular flexibility index (Phi) is 11.8. The number of amides is 2. The SMILES string of the molecule is COc1ccc(S(=O)(=O)N(CC(=O)N(Cc2cccc(Cl)c2)[C@H](Cc2ccccc2)C(=O)NC(C)C)c2ccc(F)cc2)cc1OC. The van der Waals surface area contributed by atoms with Gasteiger partial charge < -0.3 is 19.7 Å². The first-order valence-electron chi connectivity index (χ1n) is 14.8. The van der Waals surface area contributed by atoms with Crippen LogP contribution < -0.4 is 19.1 Å². The first kappa shape index (κ1) is 35.2. The van der Waals surface area contributed by atoms with Crippen molar-refractivity contribution < 1.29 is 31.9 Å². The maximum absolute atomic E-state index is 14.5. The first-order valence-corrected chi connectivity index (χ1v) is 16.6. The van der Waals surface area contributed by atoms with Crippen LogP contribution in [0.4, 0.5) is 10.1 Å². The molecule has 248 valence electrons. The second-order valence-corrected chi connectivity index (χ2v) is 13.3. The molecule has 0 spiro atoms. The van der Waals surface area contributed by atoms with Crippen LogP contribution in [-0.2, 0) is 32.6 Å². The fraction of sp³-hybridized carbons (Fsp3) is 0.257. The lowest BCUT2D eigenvalue weighted by atomic mass is 10.0. The number of benzene rings is 4. The first-order chi connectivity index (χ1) is 22.4. The van der Waals surface area contributed by atoms with E-state index in [1.807, 2.05) is 44.2 Å². The highest BCUT2D eigenvalue weighted by molar-refractivity contribution is 7.92. The molecule has 4 aromatic rings. The molecule has 4 rings (SSSR count). The highest BCUT2D eigenvalue weighted by atomic mass is 35.5. The van der Waals surface area contributed by atoms with E-state index >= 15 is 0 Å². The highest BCUT2D eigenvalue weighted by Gasteiger charge is 2.35. The molecule has 9 nitrogen and oxygen atoms in total. The summed E-state index contributed by atoms with van der Waals surface area (Å²) in [5, 5.41) is 3.34. The Morgan fingerprint density at radius 3 is 2.13 bits per heavy atom. The topological polar surface area (TPSA) is 105 Å². The van der Waals surface area contributed by atoms with Gasteiger partial charge in [0.2, 0.25) is 11.8 Å². The lowest BCUT2D eigenvalue weighted by molar-refractivity contribution is -0.140. The Bertz CT molecular complexity index is 1790. The minimum atomic E-state index is -4.45. The number of methoxy groups -OCH3 is 2. The lowest BCUT2D eigenvalue weighted by Gasteiger charge is -2.34. The molecule has 0 aromatic heterocycles. The molecule has 2 amide bonds. The van der Waals surface area contributed by atoms with Crippen LogP contribution in [0.5, 0.6) is 11.5 Å². The minimum Gasteiger partial charge on any atom is -0.493 e. The van der Waals surface area contributed by atoms with Gasteiger partial charge >= 0.3 is 0 Å². The molecular weight excluding hydrogens is 645 g/mol. The molecule has 1 N–H and O–H groups in total. The number of halogens is 2. The quantitative estimate of drug-likeness (QED) is 0.179. The second kappa shape index (κ2) is 15.8. The Hall–Kier alpha value is -4.61. The number of anilines is 1. The van der Waals surface area contributed by atoms with Crippen LogP contribution in [0.15, 0.2) is 102 Å². The molecule has 0 heterocycles. The largest absolute Gasteiger partial charge is 0.493 e. The van der Waals surface area contributed by atoms with E-state index in [2.05, 4.69) is 5.32 Å². The number of carbonyl (C=O) groups excluding carboxylic acids is 2. The Morgan fingerprint density at radius 2 is 1.51 bits per heavy atom. The molecule has 0 aliphatic heterocycles. The summed E-state index contributed by atoms with van der Waals surface area (Å²) >= 11 is 6.28. The fourth-order valence-electron chi connectivity index (χ4n) is 5.01. The van der Waals surface area contributed by atoms with E-state index in [0.29, 0.717) is 16.3 Å². The van der Waals surface area contributed by atoms with Crippen molar-refractivity contribution in [1.82, 2.24) is 10.2 Å². The van der Waals surface area contributed by atoms with Crippen LogP contribution in [0.3, 0.4) is 0 Å². The summed E-state index contributed by atoms with van der Waals surface area (Å²) in [4.78, 5) is 29.4. The molecule has 0 fully saturated rings. The Balaban J connectivity index is 1.83. The van der Waals surface area contributed by atoms with Crippen LogP contribution in [0.2, 0.25) is 5.02 Å². The molecule has 0 radical (unpaired) electrons. The molecule has 0 bridgehead atoms. The summed E-state index contributed by atoms with van der Waals surface area (Å²) in [6, 6.07) is 23.6. The monoisotopic (exact) mass is 681 g/mol. The zero-order valence-electron chi connectivity index (χ0n) is 26.5. The summed E-state index contributed by atoms with van der Waals surface area (Å²) in [5.74, 6) is -1.19. The number of rotatable bonds is 14. The van der Waals surface area contributed by atoms with Gasteiger partial charge in [-0.3, -0.25) is 13.9 Å².